The summed E-state index contributed by atoms with van der Waals surface area (Å²) >= 11 is 0. The van der Waals surface area contributed by atoms with E-state index in [4.69, 9.17) is 4.74 Å². The Bertz CT molecular complexity index is 1940. The number of rotatable bonds is 9. The van der Waals surface area contributed by atoms with Crippen molar-refractivity contribution in [2.75, 3.05) is 11.5 Å². The summed E-state index contributed by atoms with van der Waals surface area (Å²) in [5, 5.41) is 0. The molecule has 3 heteroatoms. The zero-order valence-corrected chi connectivity index (χ0v) is 29.1. The van der Waals surface area contributed by atoms with Crippen LogP contribution < -0.4 is 4.90 Å². The first-order valence-corrected chi connectivity index (χ1v) is 17.2. The van der Waals surface area contributed by atoms with Crippen LogP contribution in [0.4, 0.5) is 17.1 Å². The summed E-state index contributed by atoms with van der Waals surface area (Å²) in [6.45, 7) is 17.4. The smallest absolute Gasteiger partial charge is 0.333 e. The molecule has 0 saturated heterocycles. The van der Waals surface area contributed by atoms with E-state index in [1.807, 2.05) is 0 Å². The molecule has 1 atom stereocenters. The van der Waals surface area contributed by atoms with E-state index in [9.17, 15) is 4.79 Å². The molecular formula is C45H45NO2. The zero-order chi connectivity index (χ0) is 33.8. The van der Waals surface area contributed by atoms with Gasteiger partial charge in [0.05, 0.1) is 6.61 Å². The number of fused-ring (bicyclic) bond motifs is 6. The molecule has 0 heterocycles. The standard InChI is InChI=1S/C45H45NO2/c1-29(2)43(47)48-25-24-30(3)26-31-16-18-32(19-17-31)46(33-20-22-37-35-12-8-10-14-39(35)44(4,5)41(37)27-33)34-21-23-38-36-13-9-11-15-40(36)45(6,7)42(38)28-34/h8-23,27-28,30H,1,24-26H2,2-7H3. The van der Waals surface area contributed by atoms with E-state index in [0.717, 1.165) is 29.9 Å². The lowest BCUT2D eigenvalue weighted by atomic mass is 9.82. The minimum absolute atomic E-state index is 0.0894. The Hall–Kier alpha value is -4.89. The quantitative estimate of drug-likeness (QED) is 0.120. The minimum Gasteiger partial charge on any atom is -0.462 e. The maximum atomic E-state index is 11.8. The number of ether oxygens (including phenoxy) is 1. The van der Waals surface area contributed by atoms with Crippen molar-refractivity contribution in [3.05, 3.63) is 149 Å². The maximum absolute atomic E-state index is 11.8. The number of carbonyl (C=O) groups excluding carboxylic acids is 1. The van der Waals surface area contributed by atoms with Crippen LogP contribution >= 0.6 is 0 Å². The SMILES string of the molecule is C=C(C)C(=O)OCCC(C)Cc1ccc(N(c2ccc3c(c2)C(C)(C)c2ccccc2-3)c2ccc3c(c2)C(C)(C)c2ccccc2-3)cc1. The first-order chi connectivity index (χ1) is 23.0. The highest BCUT2D eigenvalue weighted by Gasteiger charge is 2.37. The van der Waals surface area contributed by atoms with Gasteiger partial charge in [-0.25, -0.2) is 4.79 Å². The number of carbonyl (C=O) groups is 1. The molecule has 3 nitrogen and oxygen atoms in total. The lowest BCUT2D eigenvalue weighted by Gasteiger charge is -2.30. The molecule has 2 aliphatic rings. The first kappa shape index (κ1) is 31.7. The third-order valence-electron chi connectivity index (χ3n) is 10.6. The van der Waals surface area contributed by atoms with Crippen LogP contribution in [0.5, 0.6) is 0 Å². The largest absolute Gasteiger partial charge is 0.462 e. The van der Waals surface area contributed by atoms with Gasteiger partial charge in [0, 0.05) is 33.5 Å². The normalized spacial score (nSPS) is 15.1. The summed E-state index contributed by atoms with van der Waals surface area (Å²) in [6.07, 6.45) is 1.73. The highest BCUT2D eigenvalue weighted by Crippen LogP contribution is 2.53. The Kier molecular flexibility index (Phi) is 7.90. The van der Waals surface area contributed by atoms with Crippen molar-refractivity contribution in [3.8, 4) is 22.3 Å². The van der Waals surface area contributed by atoms with E-state index in [2.05, 4.69) is 155 Å². The fraction of sp³-hybridized carbons (Fsp3) is 0.267. The van der Waals surface area contributed by atoms with Gasteiger partial charge in [-0.3, -0.25) is 0 Å². The van der Waals surface area contributed by atoms with Crippen LogP contribution in [0, 0.1) is 5.92 Å². The third-order valence-corrected chi connectivity index (χ3v) is 10.6. The molecule has 0 aliphatic heterocycles. The van der Waals surface area contributed by atoms with E-state index >= 15 is 0 Å². The van der Waals surface area contributed by atoms with E-state index in [1.165, 1.54) is 50.1 Å². The second-order valence-electron chi connectivity index (χ2n) is 14.8. The highest BCUT2D eigenvalue weighted by molar-refractivity contribution is 5.88. The van der Waals surface area contributed by atoms with Crippen LogP contribution in [0.3, 0.4) is 0 Å². The third kappa shape index (κ3) is 5.36. The molecule has 1 unspecified atom stereocenters. The van der Waals surface area contributed by atoms with Crippen molar-refractivity contribution < 1.29 is 9.53 Å². The van der Waals surface area contributed by atoms with Crippen LogP contribution in [-0.2, 0) is 26.8 Å². The number of esters is 1. The van der Waals surface area contributed by atoms with Crippen LogP contribution in [0.15, 0.2) is 121 Å². The first-order valence-electron chi connectivity index (χ1n) is 17.2. The molecule has 0 aromatic heterocycles. The molecule has 242 valence electrons. The van der Waals surface area contributed by atoms with Gasteiger partial charge in [-0.1, -0.05) is 114 Å². The number of hydrogen-bond acceptors (Lipinski definition) is 3. The molecule has 0 saturated carbocycles. The minimum atomic E-state index is -0.315. The number of anilines is 3. The molecule has 48 heavy (non-hydrogen) atoms. The topological polar surface area (TPSA) is 29.5 Å². The van der Waals surface area contributed by atoms with E-state index in [1.54, 1.807) is 6.92 Å². The second kappa shape index (κ2) is 12.0. The molecule has 0 fully saturated rings. The second-order valence-corrected chi connectivity index (χ2v) is 14.8. The van der Waals surface area contributed by atoms with Crippen molar-refractivity contribution in [2.45, 2.75) is 65.2 Å². The summed E-state index contributed by atoms with van der Waals surface area (Å²) in [7, 11) is 0. The van der Waals surface area contributed by atoms with Crippen molar-refractivity contribution in [1.29, 1.82) is 0 Å². The van der Waals surface area contributed by atoms with Gasteiger partial charge in [-0.05, 0) is 112 Å². The molecule has 0 bridgehead atoms. The van der Waals surface area contributed by atoms with E-state index < -0.39 is 0 Å². The average molecular weight is 632 g/mol. The molecule has 5 aromatic rings. The van der Waals surface area contributed by atoms with E-state index in [0.29, 0.717) is 18.1 Å². The molecular weight excluding hydrogens is 587 g/mol. The number of hydrogen-bond donors (Lipinski definition) is 0. The van der Waals surface area contributed by atoms with Crippen LogP contribution in [0.25, 0.3) is 22.3 Å². The van der Waals surface area contributed by atoms with Crippen LogP contribution in [0.1, 0.15) is 75.8 Å². The molecule has 0 N–H and O–H groups in total. The van der Waals surface area contributed by atoms with Gasteiger partial charge in [0.1, 0.15) is 0 Å². The van der Waals surface area contributed by atoms with Crippen molar-refractivity contribution in [1.82, 2.24) is 0 Å². The summed E-state index contributed by atoms with van der Waals surface area (Å²) < 4.78 is 5.35. The number of nitrogens with zero attached hydrogens (tertiary/aromatic N) is 1. The van der Waals surface area contributed by atoms with Gasteiger partial charge in [-0.2, -0.15) is 0 Å². The zero-order valence-electron chi connectivity index (χ0n) is 29.1. The van der Waals surface area contributed by atoms with Crippen molar-refractivity contribution in [2.24, 2.45) is 5.92 Å². The summed E-state index contributed by atoms with van der Waals surface area (Å²) in [4.78, 5) is 14.2. The summed E-state index contributed by atoms with van der Waals surface area (Å²) in [6, 6.07) is 40.7. The molecule has 0 radical (unpaired) electrons. The van der Waals surface area contributed by atoms with Gasteiger partial charge < -0.3 is 9.64 Å². The predicted molar refractivity (Wildman–Crippen MR) is 200 cm³/mol. The van der Waals surface area contributed by atoms with E-state index in [-0.39, 0.29) is 16.8 Å². The van der Waals surface area contributed by atoms with Gasteiger partial charge in [0.2, 0.25) is 0 Å². The lowest BCUT2D eigenvalue weighted by Crippen LogP contribution is -2.18. The molecule has 7 rings (SSSR count). The maximum Gasteiger partial charge on any atom is 0.333 e. The summed E-state index contributed by atoms with van der Waals surface area (Å²) in [5.74, 6) is 0.0651. The molecule has 5 aromatic carbocycles. The molecule has 0 spiro atoms. The summed E-state index contributed by atoms with van der Waals surface area (Å²) in [5.41, 5.74) is 15.8. The van der Waals surface area contributed by atoms with Crippen LogP contribution in [-0.4, -0.2) is 12.6 Å². The Morgan fingerprint density at radius 2 is 1.12 bits per heavy atom. The van der Waals surface area contributed by atoms with Crippen LogP contribution in [0.2, 0.25) is 0 Å². The Balaban J connectivity index is 1.25. The fourth-order valence-corrected chi connectivity index (χ4v) is 7.87. The van der Waals surface area contributed by atoms with Crippen molar-refractivity contribution >= 4 is 23.0 Å². The van der Waals surface area contributed by atoms with Gasteiger partial charge in [-0.15, -0.1) is 0 Å². The fourth-order valence-electron chi connectivity index (χ4n) is 7.87. The Morgan fingerprint density at radius 3 is 1.62 bits per heavy atom. The lowest BCUT2D eigenvalue weighted by molar-refractivity contribution is -0.139. The van der Waals surface area contributed by atoms with Gasteiger partial charge in [0.15, 0.2) is 0 Å². The Morgan fingerprint density at radius 1 is 0.667 bits per heavy atom. The van der Waals surface area contributed by atoms with Crippen molar-refractivity contribution in [3.63, 3.8) is 0 Å². The Labute approximate surface area is 285 Å². The predicted octanol–water partition coefficient (Wildman–Crippen LogP) is 11.5. The van der Waals surface area contributed by atoms with Gasteiger partial charge in [0.25, 0.3) is 0 Å². The average Bonchev–Trinajstić information content (AvgIpc) is 3.45. The molecule has 0 amide bonds. The number of benzene rings is 5. The highest BCUT2D eigenvalue weighted by atomic mass is 16.5. The van der Waals surface area contributed by atoms with Gasteiger partial charge >= 0.3 is 5.97 Å². The monoisotopic (exact) mass is 631 g/mol. The molecule has 2 aliphatic carbocycles.